The molecule has 0 saturated carbocycles. The van der Waals surface area contributed by atoms with E-state index in [2.05, 4.69) is 42.1 Å². The van der Waals surface area contributed by atoms with Crippen molar-refractivity contribution in [1.29, 1.82) is 0 Å². The van der Waals surface area contributed by atoms with Crippen molar-refractivity contribution in [3.63, 3.8) is 0 Å². The highest BCUT2D eigenvalue weighted by molar-refractivity contribution is 5.93. The van der Waals surface area contributed by atoms with Gasteiger partial charge in [-0.1, -0.05) is 71.8 Å². The largest absolute Gasteiger partial charge is 0.249 e. The monoisotopic (exact) mass is 291 g/mol. The van der Waals surface area contributed by atoms with Gasteiger partial charge in [0, 0.05) is 12.1 Å². The van der Waals surface area contributed by atoms with E-state index in [1.807, 2.05) is 0 Å². The summed E-state index contributed by atoms with van der Waals surface area (Å²) in [6.07, 6.45) is 15.6. The van der Waals surface area contributed by atoms with Gasteiger partial charge in [-0.2, -0.15) is 0 Å². The molecule has 0 aromatic carbocycles. The van der Waals surface area contributed by atoms with E-state index in [0.717, 1.165) is 18.7 Å². The van der Waals surface area contributed by atoms with Gasteiger partial charge in [-0.25, -0.2) is 15.0 Å². The SMILES string of the molecule is C=CN=CN=C(N=C)C(CCCCCC)CCCCCC. The molecule has 0 bridgehead atoms. The van der Waals surface area contributed by atoms with E-state index in [-0.39, 0.29) is 0 Å². The van der Waals surface area contributed by atoms with Crippen LogP contribution >= 0.6 is 0 Å². The van der Waals surface area contributed by atoms with Gasteiger partial charge in [0.05, 0.1) is 0 Å². The van der Waals surface area contributed by atoms with Gasteiger partial charge in [-0.15, -0.1) is 0 Å². The number of aliphatic imine (C=N–C) groups is 3. The molecule has 0 rings (SSSR count). The first-order valence-corrected chi connectivity index (χ1v) is 8.47. The van der Waals surface area contributed by atoms with Crippen molar-refractivity contribution in [3.8, 4) is 0 Å². The molecule has 0 saturated heterocycles. The molecule has 0 fully saturated rings. The van der Waals surface area contributed by atoms with Crippen LogP contribution in [0.3, 0.4) is 0 Å². The van der Waals surface area contributed by atoms with Crippen LogP contribution in [0.25, 0.3) is 0 Å². The lowest BCUT2D eigenvalue weighted by Gasteiger charge is -2.16. The number of unbranched alkanes of at least 4 members (excludes halogenated alkanes) is 6. The van der Waals surface area contributed by atoms with Gasteiger partial charge < -0.3 is 0 Å². The molecule has 120 valence electrons. The molecule has 0 aliphatic rings. The Morgan fingerprint density at radius 2 is 1.52 bits per heavy atom. The highest BCUT2D eigenvalue weighted by Crippen LogP contribution is 2.20. The molecule has 3 nitrogen and oxygen atoms in total. The van der Waals surface area contributed by atoms with Crippen LogP contribution in [0.2, 0.25) is 0 Å². The van der Waals surface area contributed by atoms with Crippen molar-refractivity contribution in [1.82, 2.24) is 0 Å². The van der Waals surface area contributed by atoms with Crippen LogP contribution in [0, 0.1) is 5.92 Å². The first kappa shape index (κ1) is 19.8. The average molecular weight is 291 g/mol. The Balaban J connectivity index is 4.49. The van der Waals surface area contributed by atoms with Crippen LogP contribution < -0.4 is 0 Å². The Labute approximate surface area is 131 Å². The fourth-order valence-corrected chi connectivity index (χ4v) is 2.45. The van der Waals surface area contributed by atoms with E-state index in [0.29, 0.717) is 5.92 Å². The van der Waals surface area contributed by atoms with Crippen LogP contribution in [0.1, 0.15) is 78.1 Å². The van der Waals surface area contributed by atoms with Gasteiger partial charge in [0.2, 0.25) is 0 Å². The summed E-state index contributed by atoms with van der Waals surface area (Å²) < 4.78 is 0. The van der Waals surface area contributed by atoms with Crippen LogP contribution in [-0.4, -0.2) is 18.9 Å². The fourth-order valence-electron chi connectivity index (χ4n) is 2.45. The minimum atomic E-state index is 0.424. The van der Waals surface area contributed by atoms with Crippen LogP contribution in [-0.2, 0) is 0 Å². The Morgan fingerprint density at radius 1 is 0.952 bits per heavy atom. The number of nitrogens with zero attached hydrogens (tertiary/aromatic N) is 3. The van der Waals surface area contributed by atoms with Crippen molar-refractivity contribution in [2.75, 3.05) is 0 Å². The molecule has 3 heteroatoms. The molecule has 0 unspecified atom stereocenters. The second-order valence-corrected chi connectivity index (χ2v) is 5.49. The maximum atomic E-state index is 4.35. The molecular weight excluding hydrogens is 258 g/mol. The molecular formula is C18H33N3. The summed E-state index contributed by atoms with van der Waals surface area (Å²) >= 11 is 0. The van der Waals surface area contributed by atoms with Crippen molar-refractivity contribution >= 4 is 18.9 Å². The Hall–Kier alpha value is -1.25. The zero-order valence-corrected chi connectivity index (χ0v) is 14.1. The van der Waals surface area contributed by atoms with Gasteiger partial charge in [0.25, 0.3) is 0 Å². The molecule has 0 heterocycles. The van der Waals surface area contributed by atoms with E-state index < -0.39 is 0 Å². The third-order valence-corrected chi connectivity index (χ3v) is 3.70. The topological polar surface area (TPSA) is 37.1 Å². The quantitative estimate of drug-likeness (QED) is 0.233. The summed E-state index contributed by atoms with van der Waals surface area (Å²) in [5.74, 6) is 1.26. The van der Waals surface area contributed by atoms with E-state index in [1.165, 1.54) is 63.9 Å². The van der Waals surface area contributed by atoms with E-state index in [9.17, 15) is 0 Å². The lowest BCUT2D eigenvalue weighted by molar-refractivity contribution is 0.492. The number of hydrogen-bond donors (Lipinski definition) is 0. The molecule has 0 amide bonds. The first-order chi connectivity index (χ1) is 10.3. The van der Waals surface area contributed by atoms with Crippen molar-refractivity contribution < 1.29 is 0 Å². The standard InChI is InChI=1S/C18H33N3/c1-5-8-10-12-14-17(15-13-11-9-6-2)18(19-4)21-16-20-7-3/h7,16-17H,3-6,8-15H2,1-2H3. The van der Waals surface area contributed by atoms with Crippen molar-refractivity contribution in [2.24, 2.45) is 20.9 Å². The highest BCUT2D eigenvalue weighted by atomic mass is 14.9. The average Bonchev–Trinajstić information content (AvgIpc) is 2.50. The Kier molecular flexibility index (Phi) is 14.2. The normalized spacial score (nSPS) is 12.2. The van der Waals surface area contributed by atoms with E-state index in [4.69, 9.17) is 0 Å². The molecule has 0 aliphatic carbocycles. The maximum Gasteiger partial charge on any atom is 0.132 e. The maximum absolute atomic E-state index is 4.35. The van der Waals surface area contributed by atoms with Gasteiger partial charge in [-0.3, -0.25) is 0 Å². The highest BCUT2D eigenvalue weighted by Gasteiger charge is 2.14. The molecule has 0 atom stereocenters. The summed E-state index contributed by atoms with van der Waals surface area (Å²) in [4.78, 5) is 12.4. The molecule has 0 aliphatic heterocycles. The number of hydrogen-bond acceptors (Lipinski definition) is 1. The second-order valence-electron chi connectivity index (χ2n) is 5.49. The lowest BCUT2D eigenvalue weighted by Crippen LogP contribution is -2.13. The predicted molar refractivity (Wildman–Crippen MR) is 96.7 cm³/mol. The van der Waals surface area contributed by atoms with E-state index in [1.54, 1.807) is 0 Å². The molecule has 0 radical (unpaired) electrons. The lowest BCUT2D eigenvalue weighted by atomic mass is 9.93. The van der Waals surface area contributed by atoms with Gasteiger partial charge in [-0.05, 0) is 19.6 Å². The Morgan fingerprint density at radius 3 is 1.95 bits per heavy atom. The molecule has 0 aromatic heterocycles. The predicted octanol–water partition coefficient (Wildman–Crippen LogP) is 5.81. The third-order valence-electron chi connectivity index (χ3n) is 3.70. The summed E-state index contributed by atoms with van der Waals surface area (Å²) in [5.41, 5.74) is 0. The van der Waals surface area contributed by atoms with E-state index >= 15 is 0 Å². The van der Waals surface area contributed by atoms with Crippen molar-refractivity contribution in [2.45, 2.75) is 78.1 Å². The minimum absolute atomic E-state index is 0.424. The number of rotatable bonds is 13. The summed E-state index contributed by atoms with van der Waals surface area (Å²) in [5, 5.41) is 0. The fraction of sp³-hybridized carbons (Fsp3) is 0.722. The zero-order chi connectivity index (χ0) is 15.8. The molecule has 0 N–H and O–H groups in total. The number of amidine groups is 1. The smallest absolute Gasteiger partial charge is 0.132 e. The van der Waals surface area contributed by atoms with Crippen LogP contribution in [0.5, 0.6) is 0 Å². The first-order valence-electron chi connectivity index (χ1n) is 8.47. The summed E-state index contributed by atoms with van der Waals surface area (Å²) in [6.45, 7) is 11.7. The zero-order valence-electron chi connectivity index (χ0n) is 14.1. The summed E-state index contributed by atoms with van der Waals surface area (Å²) in [6, 6.07) is 0. The van der Waals surface area contributed by atoms with Crippen LogP contribution in [0.15, 0.2) is 27.8 Å². The summed E-state index contributed by atoms with van der Waals surface area (Å²) in [7, 11) is 0. The van der Waals surface area contributed by atoms with Gasteiger partial charge in [0.15, 0.2) is 0 Å². The third kappa shape index (κ3) is 11.1. The molecule has 0 spiro atoms. The van der Waals surface area contributed by atoms with Crippen LogP contribution in [0.4, 0.5) is 0 Å². The molecule has 0 aromatic rings. The Bertz CT molecular complexity index is 306. The van der Waals surface area contributed by atoms with Gasteiger partial charge in [0.1, 0.15) is 12.2 Å². The molecule has 21 heavy (non-hydrogen) atoms. The van der Waals surface area contributed by atoms with Crippen molar-refractivity contribution in [3.05, 3.63) is 12.8 Å². The minimum Gasteiger partial charge on any atom is -0.249 e. The van der Waals surface area contributed by atoms with Gasteiger partial charge >= 0.3 is 0 Å². The second kappa shape index (κ2) is 15.1.